The third kappa shape index (κ3) is 3.37. The maximum atomic E-state index is 12.7. The molecule has 0 N–H and O–H groups in total. The molecule has 1 aromatic carbocycles. The highest BCUT2D eigenvalue weighted by Crippen LogP contribution is 2.28. The molecule has 1 atom stereocenters. The number of halogens is 2. The number of hydrogen-bond acceptors (Lipinski definition) is 4. The summed E-state index contributed by atoms with van der Waals surface area (Å²) in [6.45, 7) is 4.87. The van der Waals surface area contributed by atoms with Gasteiger partial charge < -0.3 is 14.2 Å². The second-order valence-corrected chi connectivity index (χ2v) is 6.58. The molecule has 0 bridgehead atoms. The van der Waals surface area contributed by atoms with Gasteiger partial charge in [0.25, 0.3) is 5.91 Å². The second kappa shape index (κ2) is 7.03. The summed E-state index contributed by atoms with van der Waals surface area (Å²) in [4.78, 5) is 14.5. The van der Waals surface area contributed by atoms with Crippen LogP contribution in [0.2, 0.25) is 10.0 Å². The molecule has 3 rings (SSSR count). The standard InChI is InChI=1S/C17H18Cl2N2O3/c1-3-15-16(10(2)24-20-15)17(22)21-7-6-12(9-21)23-11-4-5-13(18)14(19)8-11/h4-5,8,12H,3,6-7,9H2,1-2H3. The van der Waals surface area contributed by atoms with E-state index < -0.39 is 0 Å². The maximum absolute atomic E-state index is 12.7. The van der Waals surface area contributed by atoms with Crippen LogP contribution in [0.4, 0.5) is 0 Å². The minimum Gasteiger partial charge on any atom is -0.488 e. The van der Waals surface area contributed by atoms with Gasteiger partial charge in [-0.3, -0.25) is 4.79 Å². The Bertz CT molecular complexity index is 760. The Morgan fingerprint density at radius 3 is 2.92 bits per heavy atom. The van der Waals surface area contributed by atoms with Crippen LogP contribution in [0.25, 0.3) is 0 Å². The lowest BCUT2D eigenvalue weighted by Crippen LogP contribution is -2.31. The molecule has 0 saturated carbocycles. The summed E-state index contributed by atoms with van der Waals surface area (Å²) >= 11 is 11.9. The molecule has 24 heavy (non-hydrogen) atoms. The fourth-order valence-corrected chi connectivity index (χ4v) is 3.13. The van der Waals surface area contributed by atoms with Gasteiger partial charge in [-0.1, -0.05) is 35.3 Å². The second-order valence-electron chi connectivity index (χ2n) is 5.77. The van der Waals surface area contributed by atoms with Gasteiger partial charge in [0, 0.05) is 19.0 Å². The van der Waals surface area contributed by atoms with Crippen molar-refractivity contribution in [3.63, 3.8) is 0 Å². The molecule has 5 nitrogen and oxygen atoms in total. The van der Waals surface area contributed by atoms with Crippen molar-refractivity contribution >= 4 is 29.1 Å². The van der Waals surface area contributed by atoms with Crippen molar-refractivity contribution in [1.29, 1.82) is 0 Å². The molecule has 7 heteroatoms. The van der Waals surface area contributed by atoms with Crippen molar-refractivity contribution in [1.82, 2.24) is 10.1 Å². The van der Waals surface area contributed by atoms with Crippen LogP contribution >= 0.6 is 23.2 Å². The summed E-state index contributed by atoms with van der Waals surface area (Å²) in [7, 11) is 0. The lowest BCUT2D eigenvalue weighted by Gasteiger charge is -2.17. The van der Waals surface area contributed by atoms with Crippen molar-refractivity contribution in [2.24, 2.45) is 0 Å². The van der Waals surface area contributed by atoms with Crippen LogP contribution in [-0.2, 0) is 6.42 Å². The van der Waals surface area contributed by atoms with E-state index in [2.05, 4.69) is 5.16 Å². The van der Waals surface area contributed by atoms with Gasteiger partial charge >= 0.3 is 0 Å². The fraction of sp³-hybridized carbons (Fsp3) is 0.412. The van der Waals surface area contributed by atoms with Crippen LogP contribution in [0.1, 0.15) is 35.2 Å². The van der Waals surface area contributed by atoms with Crippen molar-refractivity contribution in [3.8, 4) is 5.75 Å². The molecule has 1 aliphatic rings. The highest BCUT2D eigenvalue weighted by atomic mass is 35.5. The number of benzene rings is 1. The smallest absolute Gasteiger partial charge is 0.259 e. The van der Waals surface area contributed by atoms with Gasteiger partial charge in [0.2, 0.25) is 0 Å². The number of aryl methyl sites for hydroxylation is 2. The van der Waals surface area contributed by atoms with Crippen LogP contribution in [-0.4, -0.2) is 35.2 Å². The molecule has 0 aliphatic carbocycles. The van der Waals surface area contributed by atoms with E-state index >= 15 is 0 Å². The van der Waals surface area contributed by atoms with Crippen molar-refractivity contribution < 1.29 is 14.1 Å². The largest absolute Gasteiger partial charge is 0.488 e. The Labute approximate surface area is 150 Å². The Morgan fingerprint density at radius 1 is 1.42 bits per heavy atom. The first-order valence-corrected chi connectivity index (χ1v) is 8.61. The SMILES string of the molecule is CCc1noc(C)c1C(=O)N1CCC(Oc2ccc(Cl)c(Cl)c2)C1. The van der Waals surface area contributed by atoms with Gasteiger partial charge in [-0.15, -0.1) is 0 Å². The number of ether oxygens (including phenoxy) is 1. The van der Waals surface area contributed by atoms with Crippen LogP contribution < -0.4 is 4.74 Å². The normalized spacial score (nSPS) is 17.3. The van der Waals surface area contributed by atoms with Crippen molar-refractivity contribution in [3.05, 3.63) is 45.3 Å². The Morgan fingerprint density at radius 2 is 2.21 bits per heavy atom. The third-order valence-corrected chi connectivity index (χ3v) is 4.85. The highest BCUT2D eigenvalue weighted by Gasteiger charge is 2.31. The number of aromatic nitrogens is 1. The quantitative estimate of drug-likeness (QED) is 0.813. The minimum atomic E-state index is -0.0727. The lowest BCUT2D eigenvalue weighted by atomic mass is 10.1. The maximum Gasteiger partial charge on any atom is 0.259 e. The first-order chi connectivity index (χ1) is 11.5. The molecule has 1 aromatic heterocycles. The molecule has 128 valence electrons. The molecule has 1 amide bonds. The van der Waals surface area contributed by atoms with Crippen molar-refractivity contribution in [2.75, 3.05) is 13.1 Å². The highest BCUT2D eigenvalue weighted by molar-refractivity contribution is 6.42. The van der Waals surface area contributed by atoms with E-state index in [0.29, 0.717) is 52.3 Å². The molecule has 2 aromatic rings. The molecule has 1 fully saturated rings. The van der Waals surface area contributed by atoms with Crippen LogP contribution in [0.3, 0.4) is 0 Å². The number of carbonyl (C=O) groups is 1. The molecule has 1 unspecified atom stereocenters. The zero-order valence-electron chi connectivity index (χ0n) is 13.5. The number of rotatable bonds is 4. The van der Waals surface area contributed by atoms with E-state index in [1.807, 2.05) is 6.92 Å². The van der Waals surface area contributed by atoms with E-state index in [9.17, 15) is 4.79 Å². The minimum absolute atomic E-state index is 0.0501. The van der Waals surface area contributed by atoms with E-state index in [1.54, 1.807) is 30.0 Å². The summed E-state index contributed by atoms with van der Waals surface area (Å²) in [5, 5.41) is 4.89. The van der Waals surface area contributed by atoms with E-state index in [-0.39, 0.29) is 12.0 Å². The Balaban J connectivity index is 1.67. The Hall–Kier alpha value is -1.72. The van der Waals surface area contributed by atoms with Gasteiger partial charge in [0.1, 0.15) is 23.2 Å². The number of nitrogens with zero attached hydrogens (tertiary/aromatic N) is 2. The molecular formula is C17H18Cl2N2O3. The van der Waals surface area contributed by atoms with E-state index in [0.717, 1.165) is 6.42 Å². The average Bonchev–Trinajstić information content (AvgIpc) is 3.17. The first-order valence-electron chi connectivity index (χ1n) is 7.85. The summed E-state index contributed by atoms with van der Waals surface area (Å²) < 4.78 is 11.1. The lowest BCUT2D eigenvalue weighted by molar-refractivity contribution is 0.0769. The van der Waals surface area contributed by atoms with Crippen molar-refractivity contribution in [2.45, 2.75) is 32.8 Å². The predicted octanol–water partition coefficient (Wildman–Crippen LogP) is 4.15. The van der Waals surface area contributed by atoms with Crippen LogP contribution in [0.5, 0.6) is 5.75 Å². The Kier molecular flexibility index (Phi) is 5.01. The van der Waals surface area contributed by atoms with Gasteiger partial charge in [-0.25, -0.2) is 0 Å². The molecule has 1 saturated heterocycles. The fourth-order valence-electron chi connectivity index (χ4n) is 2.84. The van der Waals surface area contributed by atoms with Gasteiger partial charge in [-0.05, 0) is 25.5 Å². The summed E-state index contributed by atoms with van der Waals surface area (Å²) in [5.41, 5.74) is 1.28. The van der Waals surface area contributed by atoms with Crippen LogP contribution in [0, 0.1) is 6.92 Å². The number of hydrogen-bond donors (Lipinski definition) is 0. The zero-order valence-corrected chi connectivity index (χ0v) is 15.0. The molecule has 0 radical (unpaired) electrons. The van der Waals surface area contributed by atoms with Gasteiger partial charge in [-0.2, -0.15) is 0 Å². The van der Waals surface area contributed by atoms with E-state index in [1.165, 1.54) is 0 Å². The number of likely N-dealkylation sites (tertiary alicyclic amines) is 1. The number of amides is 1. The molecule has 2 heterocycles. The summed E-state index contributed by atoms with van der Waals surface area (Å²) in [6, 6.07) is 5.16. The van der Waals surface area contributed by atoms with Gasteiger partial charge in [0.15, 0.2) is 0 Å². The van der Waals surface area contributed by atoms with Gasteiger partial charge in [0.05, 0.1) is 22.3 Å². The first kappa shape index (κ1) is 17.1. The van der Waals surface area contributed by atoms with E-state index in [4.69, 9.17) is 32.5 Å². The zero-order chi connectivity index (χ0) is 17.3. The monoisotopic (exact) mass is 368 g/mol. The topological polar surface area (TPSA) is 55.6 Å². The third-order valence-electron chi connectivity index (χ3n) is 4.11. The predicted molar refractivity (Wildman–Crippen MR) is 92.0 cm³/mol. The summed E-state index contributed by atoms with van der Waals surface area (Å²) in [6.07, 6.45) is 1.35. The van der Waals surface area contributed by atoms with Crippen LogP contribution in [0.15, 0.2) is 22.7 Å². The molecular weight excluding hydrogens is 351 g/mol. The average molecular weight is 369 g/mol. The molecule has 1 aliphatic heterocycles. The number of carbonyl (C=O) groups excluding carboxylic acids is 1. The molecule has 0 spiro atoms. The summed E-state index contributed by atoms with van der Waals surface area (Å²) in [5.74, 6) is 1.16.